The van der Waals surface area contributed by atoms with Crippen LogP contribution in [0.25, 0.3) is 0 Å². The molecule has 20 heavy (non-hydrogen) atoms. The van der Waals surface area contributed by atoms with E-state index in [0.29, 0.717) is 0 Å². The highest BCUT2D eigenvalue weighted by atomic mass is 32.1. The highest BCUT2D eigenvalue weighted by Gasteiger charge is 2.22. The highest BCUT2D eigenvalue weighted by Crippen LogP contribution is 2.29. The second-order valence-electron chi connectivity index (χ2n) is 5.47. The van der Waals surface area contributed by atoms with Gasteiger partial charge in [0.2, 0.25) is 0 Å². The summed E-state index contributed by atoms with van der Waals surface area (Å²) in [4.78, 5) is 11.8. The first-order valence-corrected chi connectivity index (χ1v) is 7.31. The molecule has 0 fully saturated rings. The number of rotatable bonds is 5. The summed E-state index contributed by atoms with van der Waals surface area (Å²) in [5.41, 5.74) is 1.94. The normalized spacial score (nSPS) is 11.3. The maximum absolute atomic E-state index is 10.8. The minimum Gasteiger partial charge on any atom is -0.384 e. The van der Waals surface area contributed by atoms with Crippen LogP contribution in [0.4, 0.5) is 11.4 Å². The zero-order chi connectivity index (χ0) is 14.8. The van der Waals surface area contributed by atoms with Gasteiger partial charge in [0.25, 0.3) is 5.69 Å². The van der Waals surface area contributed by atoms with Gasteiger partial charge in [-0.3, -0.25) is 10.1 Å². The highest BCUT2D eigenvalue weighted by molar-refractivity contribution is 7.10. The van der Waals surface area contributed by atoms with Crippen molar-refractivity contribution in [1.29, 1.82) is 0 Å². The molecule has 0 atom stereocenters. The zero-order valence-corrected chi connectivity index (χ0v) is 12.7. The first-order chi connectivity index (χ1) is 9.40. The lowest BCUT2D eigenvalue weighted by atomic mass is 9.91. The van der Waals surface area contributed by atoms with Crippen LogP contribution in [-0.4, -0.2) is 11.5 Å². The number of nitrogens with zero attached hydrogens (tertiary/aromatic N) is 1. The topological polar surface area (TPSA) is 55.2 Å². The van der Waals surface area contributed by atoms with Crippen molar-refractivity contribution in [3.05, 3.63) is 56.3 Å². The molecule has 0 aliphatic heterocycles. The molecule has 0 unspecified atom stereocenters. The second-order valence-corrected chi connectivity index (χ2v) is 6.42. The van der Waals surface area contributed by atoms with Crippen LogP contribution in [0.3, 0.4) is 0 Å². The van der Waals surface area contributed by atoms with Gasteiger partial charge >= 0.3 is 0 Å². The fraction of sp³-hybridized carbons (Fsp3) is 0.333. The van der Waals surface area contributed by atoms with Gasteiger partial charge < -0.3 is 5.32 Å². The Balaban J connectivity index is 2.15. The van der Waals surface area contributed by atoms with Crippen molar-refractivity contribution in [2.24, 2.45) is 0 Å². The molecule has 0 aliphatic carbocycles. The Labute approximate surface area is 122 Å². The van der Waals surface area contributed by atoms with Gasteiger partial charge in [-0.25, -0.2) is 0 Å². The quantitative estimate of drug-likeness (QED) is 0.657. The van der Waals surface area contributed by atoms with Crippen molar-refractivity contribution < 1.29 is 4.92 Å². The molecule has 0 spiro atoms. The number of anilines is 1. The number of aryl methyl sites for hydroxylation is 1. The van der Waals surface area contributed by atoms with Gasteiger partial charge in [-0.1, -0.05) is 26.0 Å². The van der Waals surface area contributed by atoms with Gasteiger partial charge in [-0.2, -0.15) is 0 Å². The third kappa shape index (κ3) is 3.17. The molecule has 2 aromatic rings. The van der Waals surface area contributed by atoms with Crippen molar-refractivity contribution in [3.8, 4) is 0 Å². The van der Waals surface area contributed by atoms with Crippen LogP contribution in [0.15, 0.2) is 35.7 Å². The van der Waals surface area contributed by atoms with Gasteiger partial charge in [-0.05, 0) is 23.9 Å². The molecule has 1 aromatic heterocycles. The van der Waals surface area contributed by atoms with E-state index in [-0.39, 0.29) is 16.0 Å². The number of thiophene rings is 1. The Morgan fingerprint density at radius 3 is 2.70 bits per heavy atom. The summed E-state index contributed by atoms with van der Waals surface area (Å²) in [5, 5.41) is 16.2. The molecular weight excluding hydrogens is 272 g/mol. The minimum atomic E-state index is -0.366. The number of benzene rings is 1. The summed E-state index contributed by atoms with van der Waals surface area (Å²) < 4.78 is 0. The third-order valence-corrected chi connectivity index (χ3v) is 4.58. The molecule has 0 bridgehead atoms. The average molecular weight is 290 g/mol. The maximum atomic E-state index is 10.8. The van der Waals surface area contributed by atoms with Gasteiger partial charge in [0.05, 0.1) is 4.92 Å². The Kier molecular flexibility index (Phi) is 4.09. The van der Waals surface area contributed by atoms with E-state index in [1.807, 2.05) is 13.0 Å². The van der Waals surface area contributed by atoms with E-state index in [0.717, 1.165) is 17.8 Å². The van der Waals surface area contributed by atoms with E-state index >= 15 is 0 Å². The van der Waals surface area contributed by atoms with E-state index in [2.05, 4.69) is 30.6 Å². The standard InChI is InChI=1S/C15H18N2O2S/c1-11-6-7-12(17(18)19)9-13(11)16-10-15(2,3)14-5-4-8-20-14/h4-9,16H,10H2,1-3H3. The fourth-order valence-electron chi connectivity index (χ4n) is 1.98. The molecule has 106 valence electrons. The Hall–Kier alpha value is -1.88. The number of nitrogens with one attached hydrogen (secondary N) is 1. The summed E-state index contributed by atoms with van der Waals surface area (Å²) in [5.74, 6) is 0. The van der Waals surface area contributed by atoms with Crippen molar-refractivity contribution in [3.63, 3.8) is 0 Å². The summed E-state index contributed by atoms with van der Waals surface area (Å²) in [6.45, 7) is 7.01. The second kappa shape index (κ2) is 5.63. The molecule has 1 aromatic carbocycles. The van der Waals surface area contributed by atoms with Gasteiger partial charge in [-0.15, -0.1) is 11.3 Å². The first-order valence-electron chi connectivity index (χ1n) is 6.43. The number of hydrogen-bond donors (Lipinski definition) is 1. The van der Waals surface area contributed by atoms with E-state index in [1.165, 1.54) is 10.9 Å². The third-order valence-electron chi connectivity index (χ3n) is 3.34. The SMILES string of the molecule is Cc1ccc([N+](=O)[O-])cc1NCC(C)(C)c1cccs1. The molecule has 0 saturated heterocycles. The molecule has 0 amide bonds. The van der Waals surface area contributed by atoms with E-state index in [9.17, 15) is 10.1 Å². The monoisotopic (exact) mass is 290 g/mol. The fourth-order valence-corrected chi connectivity index (χ4v) is 2.83. The average Bonchev–Trinajstić information content (AvgIpc) is 2.92. The smallest absolute Gasteiger partial charge is 0.271 e. The van der Waals surface area contributed by atoms with Gasteiger partial charge in [0, 0.05) is 34.7 Å². The van der Waals surface area contributed by atoms with Crippen LogP contribution in [0.5, 0.6) is 0 Å². The maximum Gasteiger partial charge on any atom is 0.271 e. The molecule has 5 heteroatoms. The lowest BCUT2D eigenvalue weighted by molar-refractivity contribution is -0.384. The zero-order valence-electron chi connectivity index (χ0n) is 11.8. The Morgan fingerprint density at radius 2 is 2.10 bits per heavy atom. The lowest BCUT2D eigenvalue weighted by Gasteiger charge is -2.24. The van der Waals surface area contributed by atoms with E-state index in [1.54, 1.807) is 23.5 Å². The minimum absolute atomic E-state index is 0.00870. The Morgan fingerprint density at radius 1 is 1.35 bits per heavy atom. The van der Waals surface area contributed by atoms with Crippen molar-refractivity contribution in [2.45, 2.75) is 26.2 Å². The van der Waals surface area contributed by atoms with Crippen molar-refractivity contribution in [2.75, 3.05) is 11.9 Å². The summed E-state index contributed by atoms with van der Waals surface area (Å²) in [6, 6.07) is 9.07. The molecule has 1 N–H and O–H groups in total. The number of hydrogen-bond acceptors (Lipinski definition) is 4. The molecule has 2 rings (SSSR count). The van der Waals surface area contributed by atoms with Crippen LogP contribution in [0.2, 0.25) is 0 Å². The predicted molar refractivity (Wildman–Crippen MR) is 83.7 cm³/mol. The molecule has 0 saturated carbocycles. The van der Waals surface area contributed by atoms with Gasteiger partial charge in [0.1, 0.15) is 0 Å². The van der Waals surface area contributed by atoms with E-state index in [4.69, 9.17) is 0 Å². The number of nitro benzene ring substituents is 1. The molecule has 4 nitrogen and oxygen atoms in total. The summed E-state index contributed by atoms with van der Waals surface area (Å²) in [7, 11) is 0. The van der Waals surface area contributed by atoms with E-state index < -0.39 is 0 Å². The largest absolute Gasteiger partial charge is 0.384 e. The van der Waals surface area contributed by atoms with Crippen LogP contribution >= 0.6 is 11.3 Å². The number of non-ortho nitro benzene ring substituents is 1. The van der Waals surface area contributed by atoms with Crippen LogP contribution < -0.4 is 5.32 Å². The molecular formula is C15H18N2O2S. The van der Waals surface area contributed by atoms with Crippen LogP contribution in [0.1, 0.15) is 24.3 Å². The Bertz CT molecular complexity index is 606. The van der Waals surface area contributed by atoms with Crippen molar-refractivity contribution >= 4 is 22.7 Å². The number of nitro groups is 1. The predicted octanol–water partition coefficient (Wildman–Crippen LogP) is 4.35. The summed E-state index contributed by atoms with van der Waals surface area (Å²) >= 11 is 1.73. The molecule has 0 aliphatic rings. The molecule has 0 radical (unpaired) electrons. The summed E-state index contributed by atoms with van der Waals surface area (Å²) in [6.07, 6.45) is 0. The first kappa shape index (κ1) is 14.5. The van der Waals surface area contributed by atoms with Crippen LogP contribution in [-0.2, 0) is 5.41 Å². The molecule has 1 heterocycles. The van der Waals surface area contributed by atoms with Gasteiger partial charge in [0.15, 0.2) is 0 Å². The van der Waals surface area contributed by atoms with Crippen molar-refractivity contribution in [1.82, 2.24) is 0 Å². The lowest BCUT2D eigenvalue weighted by Crippen LogP contribution is -2.26. The van der Waals surface area contributed by atoms with Crippen LogP contribution in [0, 0.1) is 17.0 Å².